The van der Waals surface area contributed by atoms with Crippen LogP contribution in [0.3, 0.4) is 0 Å². The van der Waals surface area contributed by atoms with Crippen molar-refractivity contribution >= 4 is 10.8 Å². The van der Waals surface area contributed by atoms with Crippen LogP contribution in [-0.2, 0) is 13.0 Å². The largest absolute Gasteiger partial charge is 0.321 e. The molecule has 1 aliphatic rings. The summed E-state index contributed by atoms with van der Waals surface area (Å²) in [5.41, 5.74) is 4.51. The van der Waals surface area contributed by atoms with Crippen molar-refractivity contribution in [1.82, 2.24) is 9.88 Å². The summed E-state index contributed by atoms with van der Waals surface area (Å²) in [7, 11) is 0. The van der Waals surface area contributed by atoms with Crippen LogP contribution in [-0.4, -0.2) is 23.0 Å². The van der Waals surface area contributed by atoms with E-state index in [-0.39, 0.29) is 5.56 Å². The van der Waals surface area contributed by atoms with Gasteiger partial charge >= 0.3 is 0 Å². The molecule has 0 saturated carbocycles. The average molecular weight is 346 g/mol. The van der Waals surface area contributed by atoms with Gasteiger partial charge in [0.1, 0.15) is 0 Å². The molecule has 0 unspecified atom stereocenters. The van der Waals surface area contributed by atoms with Crippen LogP contribution in [0.2, 0.25) is 0 Å². The molecule has 3 aromatic rings. The molecule has 0 spiro atoms. The smallest absolute Gasteiger partial charge is 0.256 e. The highest BCUT2D eigenvalue weighted by Crippen LogP contribution is 2.24. The van der Waals surface area contributed by atoms with Crippen molar-refractivity contribution in [3.63, 3.8) is 0 Å². The second kappa shape index (κ2) is 7.46. The standard InChI is InChI=1S/C23H26N2O/c1-2-18-7-6-8-20-21(18)15-22(24-23(20)26)19-11-9-17(10-12-19)16-25-13-4-3-5-14-25/h6-12,15H,2-5,13-14,16H2,1H3,(H,24,26). The first-order valence-corrected chi connectivity index (χ1v) is 9.71. The summed E-state index contributed by atoms with van der Waals surface area (Å²) >= 11 is 0. The quantitative estimate of drug-likeness (QED) is 0.740. The van der Waals surface area contributed by atoms with Gasteiger partial charge in [-0.2, -0.15) is 0 Å². The Morgan fingerprint density at radius 3 is 2.46 bits per heavy atom. The molecular formula is C23H26N2O. The van der Waals surface area contributed by atoms with E-state index in [0.717, 1.165) is 35.0 Å². The average Bonchev–Trinajstić information content (AvgIpc) is 2.69. The third-order valence-electron chi connectivity index (χ3n) is 5.48. The fourth-order valence-electron chi connectivity index (χ4n) is 3.98. The number of aromatic nitrogens is 1. The summed E-state index contributed by atoms with van der Waals surface area (Å²) in [6.07, 6.45) is 4.92. The molecule has 2 heterocycles. The molecule has 0 bridgehead atoms. The van der Waals surface area contributed by atoms with E-state index in [1.165, 1.54) is 43.5 Å². The number of rotatable bonds is 4. The maximum atomic E-state index is 12.5. The molecule has 0 atom stereocenters. The van der Waals surface area contributed by atoms with E-state index in [9.17, 15) is 4.79 Å². The Morgan fingerprint density at radius 2 is 1.73 bits per heavy atom. The zero-order valence-corrected chi connectivity index (χ0v) is 15.4. The van der Waals surface area contributed by atoms with E-state index in [1.807, 2.05) is 12.1 Å². The van der Waals surface area contributed by atoms with Gasteiger partial charge in [-0.3, -0.25) is 9.69 Å². The Kier molecular flexibility index (Phi) is 4.89. The first-order valence-electron chi connectivity index (χ1n) is 9.71. The van der Waals surface area contributed by atoms with E-state index < -0.39 is 0 Å². The third kappa shape index (κ3) is 3.45. The van der Waals surface area contributed by atoms with Crippen LogP contribution in [0.25, 0.3) is 22.0 Å². The predicted octanol–water partition coefficient (Wildman–Crippen LogP) is 4.74. The Hall–Kier alpha value is -2.39. The van der Waals surface area contributed by atoms with Gasteiger partial charge in [0.15, 0.2) is 0 Å². The maximum absolute atomic E-state index is 12.5. The summed E-state index contributed by atoms with van der Waals surface area (Å²) in [6, 6.07) is 16.7. The molecule has 2 aromatic carbocycles. The minimum absolute atomic E-state index is 0.00908. The molecule has 26 heavy (non-hydrogen) atoms. The van der Waals surface area contributed by atoms with E-state index in [2.05, 4.69) is 53.2 Å². The minimum atomic E-state index is -0.00908. The van der Waals surface area contributed by atoms with Crippen LogP contribution in [0, 0.1) is 0 Å². The number of nitrogens with zero attached hydrogens (tertiary/aromatic N) is 1. The number of fused-ring (bicyclic) bond motifs is 1. The zero-order valence-electron chi connectivity index (χ0n) is 15.4. The van der Waals surface area contributed by atoms with E-state index in [4.69, 9.17) is 0 Å². The van der Waals surface area contributed by atoms with E-state index in [0.29, 0.717) is 0 Å². The molecule has 1 aliphatic heterocycles. The van der Waals surface area contributed by atoms with E-state index in [1.54, 1.807) is 0 Å². The number of likely N-dealkylation sites (tertiary alicyclic amines) is 1. The topological polar surface area (TPSA) is 36.1 Å². The fraction of sp³-hybridized carbons (Fsp3) is 0.348. The van der Waals surface area contributed by atoms with Crippen molar-refractivity contribution in [3.8, 4) is 11.3 Å². The molecular weight excluding hydrogens is 320 g/mol. The van der Waals surface area contributed by atoms with Gasteiger partial charge in [0.25, 0.3) is 5.56 Å². The summed E-state index contributed by atoms with van der Waals surface area (Å²) in [5.74, 6) is 0. The molecule has 0 amide bonds. The molecule has 1 saturated heterocycles. The number of nitrogens with one attached hydrogen (secondary N) is 1. The van der Waals surface area contributed by atoms with Gasteiger partial charge in [0.05, 0.1) is 0 Å². The van der Waals surface area contributed by atoms with E-state index >= 15 is 0 Å². The molecule has 1 fully saturated rings. The number of hydrogen-bond acceptors (Lipinski definition) is 2. The van der Waals surface area contributed by atoms with Gasteiger partial charge in [0.2, 0.25) is 0 Å². The normalized spacial score (nSPS) is 15.4. The monoisotopic (exact) mass is 346 g/mol. The Bertz CT molecular complexity index is 950. The van der Waals surface area contributed by atoms with Crippen LogP contribution in [0.15, 0.2) is 53.3 Å². The highest BCUT2D eigenvalue weighted by atomic mass is 16.1. The molecule has 134 valence electrons. The lowest BCUT2D eigenvalue weighted by Gasteiger charge is -2.26. The number of aryl methyl sites for hydroxylation is 1. The molecule has 0 aliphatic carbocycles. The lowest BCUT2D eigenvalue weighted by atomic mass is 10.0. The van der Waals surface area contributed by atoms with Gasteiger partial charge in [0, 0.05) is 17.6 Å². The highest BCUT2D eigenvalue weighted by molar-refractivity contribution is 5.88. The maximum Gasteiger partial charge on any atom is 0.256 e. The minimum Gasteiger partial charge on any atom is -0.321 e. The Balaban J connectivity index is 1.63. The number of piperidine rings is 1. The van der Waals surface area contributed by atoms with Crippen LogP contribution in [0.4, 0.5) is 0 Å². The predicted molar refractivity (Wildman–Crippen MR) is 109 cm³/mol. The van der Waals surface area contributed by atoms with Crippen molar-refractivity contribution in [3.05, 3.63) is 70.0 Å². The van der Waals surface area contributed by atoms with Gasteiger partial charge in [-0.25, -0.2) is 0 Å². The summed E-state index contributed by atoms with van der Waals surface area (Å²) in [4.78, 5) is 18.1. The SMILES string of the molecule is CCc1cccc2c(=O)[nH]c(-c3ccc(CN4CCCCC4)cc3)cc12. The molecule has 3 heteroatoms. The molecule has 1 aromatic heterocycles. The van der Waals surface area contributed by atoms with Crippen molar-refractivity contribution in [2.24, 2.45) is 0 Å². The highest BCUT2D eigenvalue weighted by Gasteiger charge is 2.11. The molecule has 0 radical (unpaired) electrons. The van der Waals surface area contributed by atoms with Crippen LogP contribution in [0.5, 0.6) is 0 Å². The molecule has 1 N–H and O–H groups in total. The van der Waals surface area contributed by atoms with Crippen molar-refractivity contribution < 1.29 is 0 Å². The van der Waals surface area contributed by atoms with Gasteiger partial charge < -0.3 is 4.98 Å². The summed E-state index contributed by atoms with van der Waals surface area (Å²) in [6.45, 7) is 5.57. The summed E-state index contributed by atoms with van der Waals surface area (Å²) < 4.78 is 0. The van der Waals surface area contributed by atoms with Crippen LogP contribution in [0.1, 0.15) is 37.3 Å². The lowest BCUT2D eigenvalue weighted by Crippen LogP contribution is -2.29. The molecule has 3 nitrogen and oxygen atoms in total. The van der Waals surface area contributed by atoms with Crippen LogP contribution < -0.4 is 5.56 Å². The Morgan fingerprint density at radius 1 is 0.962 bits per heavy atom. The number of H-pyrrole nitrogens is 1. The van der Waals surface area contributed by atoms with Crippen molar-refractivity contribution in [1.29, 1.82) is 0 Å². The van der Waals surface area contributed by atoms with Gasteiger partial charge in [-0.1, -0.05) is 49.7 Å². The Labute approximate surface area is 154 Å². The fourth-order valence-corrected chi connectivity index (χ4v) is 3.98. The summed E-state index contributed by atoms with van der Waals surface area (Å²) in [5, 5.41) is 1.83. The number of aromatic amines is 1. The second-order valence-corrected chi connectivity index (χ2v) is 7.28. The number of pyridine rings is 1. The van der Waals surface area contributed by atoms with Crippen molar-refractivity contribution in [2.45, 2.75) is 39.2 Å². The number of hydrogen-bond donors (Lipinski definition) is 1. The second-order valence-electron chi connectivity index (χ2n) is 7.28. The van der Waals surface area contributed by atoms with Gasteiger partial charge in [-0.15, -0.1) is 0 Å². The third-order valence-corrected chi connectivity index (χ3v) is 5.48. The molecule has 4 rings (SSSR count). The first kappa shape index (κ1) is 17.0. The lowest BCUT2D eigenvalue weighted by molar-refractivity contribution is 0.221. The number of benzene rings is 2. The zero-order chi connectivity index (χ0) is 17.9. The van der Waals surface area contributed by atoms with Crippen molar-refractivity contribution in [2.75, 3.05) is 13.1 Å². The van der Waals surface area contributed by atoms with Gasteiger partial charge in [-0.05, 0) is 66.6 Å². The first-order chi connectivity index (χ1) is 12.7. The van der Waals surface area contributed by atoms with Crippen LogP contribution >= 0.6 is 0 Å².